The predicted molar refractivity (Wildman–Crippen MR) is 84.2 cm³/mol. The first-order chi connectivity index (χ1) is 10.7. The standard InChI is InChI=1S/C17H17FN4/c18-13-1-3-14(4-2-13)21-15-7-9-22(10-8-15)17-6-5-16(11-19)20-12-17/h1-6,12,15,21H,7-10H2. The van der Waals surface area contributed by atoms with Crippen LogP contribution in [0.15, 0.2) is 42.6 Å². The van der Waals surface area contributed by atoms with Crippen LogP contribution in [-0.2, 0) is 0 Å². The molecule has 2 heterocycles. The van der Waals surface area contributed by atoms with Gasteiger partial charge in [-0.3, -0.25) is 0 Å². The summed E-state index contributed by atoms with van der Waals surface area (Å²) in [6.07, 6.45) is 3.78. The molecule has 0 unspecified atom stereocenters. The number of benzene rings is 1. The fraction of sp³-hybridized carbons (Fsp3) is 0.294. The summed E-state index contributed by atoms with van der Waals surface area (Å²) >= 11 is 0. The average molecular weight is 296 g/mol. The first-order valence-electron chi connectivity index (χ1n) is 7.38. The molecule has 1 aromatic carbocycles. The van der Waals surface area contributed by atoms with Crippen LogP contribution in [0, 0.1) is 17.1 Å². The van der Waals surface area contributed by atoms with Crippen molar-refractivity contribution in [3.8, 4) is 6.07 Å². The number of pyridine rings is 1. The van der Waals surface area contributed by atoms with Gasteiger partial charge in [0.1, 0.15) is 17.6 Å². The summed E-state index contributed by atoms with van der Waals surface area (Å²) in [5.41, 5.74) is 2.45. The largest absolute Gasteiger partial charge is 0.382 e. The van der Waals surface area contributed by atoms with Gasteiger partial charge in [-0.15, -0.1) is 0 Å². The van der Waals surface area contributed by atoms with Crippen molar-refractivity contribution in [3.05, 3.63) is 54.1 Å². The summed E-state index contributed by atoms with van der Waals surface area (Å²) < 4.78 is 12.9. The average Bonchev–Trinajstić information content (AvgIpc) is 2.58. The molecule has 1 N–H and O–H groups in total. The summed E-state index contributed by atoms with van der Waals surface area (Å²) in [5.74, 6) is -0.214. The van der Waals surface area contributed by atoms with Gasteiger partial charge in [0.05, 0.1) is 11.9 Å². The van der Waals surface area contributed by atoms with Gasteiger partial charge in [0, 0.05) is 24.8 Å². The van der Waals surface area contributed by atoms with Crippen LogP contribution in [0.2, 0.25) is 0 Å². The Bertz CT molecular complexity index is 653. The number of nitrogens with one attached hydrogen (secondary N) is 1. The van der Waals surface area contributed by atoms with E-state index in [1.165, 1.54) is 12.1 Å². The van der Waals surface area contributed by atoms with Gasteiger partial charge in [-0.2, -0.15) is 5.26 Å². The lowest BCUT2D eigenvalue weighted by atomic mass is 10.0. The summed E-state index contributed by atoms with van der Waals surface area (Å²) in [4.78, 5) is 6.39. The van der Waals surface area contributed by atoms with Gasteiger partial charge < -0.3 is 10.2 Å². The van der Waals surface area contributed by atoms with Crippen molar-refractivity contribution < 1.29 is 4.39 Å². The Labute approximate surface area is 129 Å². The highest BCUT2D eigenvalue weighted by atomic mass is 19.1. The molecule has 1 aliphatic rings. The minimum absolute atomic E-state index is 0.214. The molecule has 0 atom stereocenters. The number of hydrogen-bond acceptors (Lipinski definition) is 4. The number of rotatable bonds is 3. The molecule has 112 valence electrons. The van der Waals surface area contributed by atoms with E-state index in [9.17, 15) is 4.39 Å². The Balaban J connectivity index is 1.55. The molecule has 22 heavy (non-hydrogen) atoms. The first-order valence-corrected chi connectivity index (χ1v) is 7.38. The molecular formula is C17H17FN4. The molecule has 1 aromatic heterocycles. The maximum Gasteiger partial charge on any atom is 0.140 e. The maximum atomic E-state index is 12.9. The fourth-order valence-corrected chi connectivity index (χ4v) is 2.70. The van der Waals surface area contributed by atoms with E-state index in [0.717, 1.165) is 37.3 Å². The SMILES string of the molecule is N#Cc1ccc(N2CCC(Nc3ccc(F)cc3)CC2)cn1. The molecule has 1 aliphatic heterocycles. The number of anilines is 2. The third-order valence-corrected chi connectivity index (χ3v) is 3.94. The third kappa shape index (κ3) is 3.34. The van der Waals surface area contributed by atoms with Gasteiger partial charge in [-0.1, -0.05) is 0 Å². The Hall–Kier alpha value is -2.61. The lowest BCUT2D eigenvalue weighted by Gasteiger charge is -2.34. The van der Waals surface area contributed by atoms with Gasteiger partial charge in [0.2, 0.25) is 0 Å². The molecule has 0 bridgehead atoms. The molecule has 0 radical (unpaired) electrons. The lowest BCUT2D eigenvalue weighted by molar-refractivity contribution is 0.526. The lowest BCUT2D eigenvalue weighted by Crippen LogP contribution is -2.39. The normalized spacial score (nSPS) is 15.4. The van der Waals surface area contributed by atoms with Crippen LogP contribution < -0.4 is 10.2 Å². The zero-order chi connectivity index (χ0) is 15.4. The van der Waals surface area contributed by atoms with E-state index in [-0.39, 0.29) is 5.82 Å². The summed E-state index contributed by atoms with van der Waals surface area (Å²) in [5, 5.41) is 12.2. The van der Waals surface area contributed by atoms with Crippen molar-refractivity contribution in [2.75, 3.05) is 23.3 Å². The highest BCUT2D eigenvalue weighted by Crippen LogP contribution is 2.21. The molecular weight excluding hydrogens is 279 g/mol. The van der Waals surface area contributed by atoms with E-state index in [4.69, 9.17) is 5.26 Å². The van der Waals surface area contributed by atoms with Crippen molar-refractivity contribution in [2.45, 2.75) is 18.9 Å². The minimum atomic E-state index is -0.214. The van der Waals surface area contributed by atoms with Crippen LogP contribution in [0.4, 0.5) is 15.8 Å². The van der Waals surface area contributed by atoms with Gasteiger partial charge in [-0.05, 0) is 49.2 Å². The number of halogens is 1. The molecule has 2 aromatic rings. The second-order valence-electron chi connectivity index (χ2n) is 5.43. The van der Waals surface area contributed by atoms with Crippen LogP contribution >= 0.6 is 0 Å². The molecule has 1 saturated heterocycles. The Morgan fingerprint density at radius 1 is 1.14 bits per heavy atom. The minimum Gasteiger partial charge on any atom is -0.382 e. The predicted octanol–water partition coefficient (Wildman–Crippen LogP) is 3.17. The van der Waals surface area contributed by atoms with Crippen molar-refractivity contribution in [1.82, 2.24) is 4.98 Å². The van der Waals surface area contributed by atoms with E-state index in [2.05, 4.69) is 15.2 Å². The first kappa shape index (κ1) is 14.3. The van der Waals surface area contributed by atoms with Gasteiger partial charge in [-0.25, -0.2) is 9.37 Å². The third-order valence-electron chi connectivity index (χ3n) is 3.94. The number of nitrogens with zero attached hydrogens (tertiary/aromatic N) is 3. The number of aromatic nitrogens is 1. The van der Waals surface area contributed by atoms with Gasteiger partial charge >= 0.3 is 0 Å². The van der Waals surface area contributed by atoms with Crippen LogP contribution in [-0.4, -0.2) is 24.1 Å². The smallest absolute Gasteiger partial charge is 0.140 e. The summed E-state index contributed by atoms with van der Waals surface area (Å²) in [7, 11) is 0. The second-order valence-corrected chi connectivity index (χ2v) is 5.43. The summed E-state index contributed by atoms with van der Waals surface area (Å²) in [6, 6.07) is 12.6. The number of piperidine rings is 1. The monoisotopic (exact) mass is 296 g/mol. The van der Waals surface area contributed by atoms with E-state index < -0.39 is 0 Å². The van der Waals surface area contributed by atoms with Crippen LogP contribution in [0.3, 0.4) is 0 Å². The maximum absolute atomic E-state index is 12.9. The van der Waals surface area contributed by atoms with Crippen LogP contribution in [0.25, 0.3) is 0 Å². The topological polar surface area (TPSA) is 52.0 Å². The fourth-order valence-electron chi connectivity index (χ4n) is 2.70. The Kier molecular flexibility index (Phi) is 4.19. The molecule has 0 saturated carbocycles. The van der Waals surface area contributed by atoms with Gasteiger partial charge in [0.15, 0.2) is 0 Å². The van der Waals surface area contributed by atoms with E-state index in [1.807, 2.05) is 12.1 Å². The number of hydrogen-bond donors (Lipinski definition) is 1. The number of nitriles is 1. The van der Waals surface area contributed by atoms with Crippen molar-refractivity contribution >= 4 is 11.4 Å². The summed E-state index contributed by atoms with van der Waals surface area (Å²) in [6.45, 7) is 1.87. The van der Waals surface area contributed by atoms with Crippen LogP contribution in [0.1, 0.15) is 18.5 Å². The van der Waals surface area contributed by atoms with E-state index >= 15 is 0 Å². The van der Waals surface area contributed by atoms with E-state index in [1.54, 1.807) is 24.4 Å². The molecule has 1 fully saturated rings. The zero-order valence-electron chi connectivity index (χ0n) is 12.2. The van der Waals surface area contributed by atoms with Gasteiger partial charge in [0.25, 0.3) is 0 Å². The van der Waals surface area contributed by atoms with Crippen LogP contribution in [0.5, 0.6) is 0 Å². The van der Waals surface area contributed by atoms with Crippen molar-refractivity contribution in [2.24, 2.45) is 0 Å². The van der Waals surface area contributed by atoms with Crippen molar-refractivity contribution in [1.29, 1.82) is 5.26 Å². The molecule has 0 spiro atoms. The molecule has 4 nitrogen and oxygen atoms in total. The molecule has 0 aliphatic carbocycles. The Morgan fingerprint density at radius 3 is 2.45 bits per heavy atom. The van der Waals surface area contributed by atoms with Crippen molar-refractivity contribution in [3.63, 3.8) is 0 Å². The zero-order valence-corrected chi connectivity index (χ0v) is 12.2. The second kappa shape index (κ2) is 6.44. The molecule has 5 heteroatoms. The molecule has 3 rings (SSSR count). The Morgan fingerprint density at radius 2 is 1.86 bits per heavy atom. The quantitative estimate of drug-likeness (QED) is 0.945. The highest BCUT2D eigenvalue weighted by molar-refractivity contribution is 5.47. The molecule has 0 amide bonds. The van der Waals surface area contributed by atoms with E-state index in [0.29, 0.717) is 11.7 Å². The highest BCUT2D eigenvalue weighted by Gasteiger charge is 2.19.